The Kier molecular flexibility index (Phi) is 7.94. The molecule has 3 atom stereocenters. The summed E-state index contributed by atoms with van der Waals surface area (Å²) in [5.74, 6) is 0.553. The number of aromatic nitrogens is 2. The fourth-order valence-corrected chi connectivity index (χ4v) is 4.25. The predicted molar refractivity (Wildman–Crippen MR) is 142 cm³/mol. The first-order valence-corrected chi connectivity index (χ1v) is 12.4. The van der Waals surface area contributed by atoms with E-state index >= 15 is 0 Å². The topological polar surface area (TPSA) is 117 Å². The quantitative estimate of drug-likeness (QED) is 0.390. The molecule has 1 aliphatic heterocycles. The van der Waals surface area contributed by atoms with Gasteiger partial charge in [0.15, 0.2) is 0 Å². The smallest absolute Gasteiger partial charge is 0.254 e. The molecule has 3 unspecified atom stereocenters. The molecule has 4 rings (SSSR count). The Bertz CT molecular complexity index is 1320. The predicted octanol–water partition coefficient (Wildman–Crippen LogP) is 3.82. The number of hydrogen-bond acceptors (Lipinski definition) is 7. The Balaban J connectivity index is 1.46. The Hall–Kier alpha value is -3.69. The first kappa shape index (κ1) is 26.4. The summed E-state index contributed by atoms with van der Waals surface area (Å²) in [4.78, 5) is 36.1. The first-order valence-electron chi connectivity index (χ1n) is 12.0. The summed E-state index contributed by atoms with van der Waals surface area (Å²) >= 11 is 6.37. The lowest BCUT2D eigenvalue weighted by Gasteiger charge is -2.19. The number of amides is 2. The lowest BCUT2D eigenvalue weighted by Crippen LogP contribution is -2.38. The van der Waals surface area contributed by atoms with Crippen LogP contribution in [0, 0.1) is 0 Å². The monoisotopic (exact) mass is 523 g/mol. The van der Waals surface area contributed by atoms with Crippen LogP contribution in [0.5, 0.6) is 5.75 Å². The Morgan fingerprint density at radius 2 is 2.00 bits per heavy atom. The second-order valence-corrected chi connectivity index (χ2v) is 9.57. The summed E-state index contributed by atoms with van der Waals surface area (Å²) in [7, 11) is 1.59. The van der Waals surface area contributed by atoms with Gasteiger partial charge >= 0.3 is 0 Å². The second kappa shape index (κ2) is 11.1. The molecule has 2 amide bonds. The van der Waals surface area contributed by atoms with Gasteiger partial charge in [0, 0.05) is 17.7 Å². The minimum Gasteiger partial charge on any atom is -0.497 e. The summed E-state index contributed by atoms with van der Waals surface area (Å²) in [6.45, 7) is 5.66. The summed E-state index contributed by atoms with van der Waals surface area (Å²) in [6.07, 6.45) is 0.887. The van der Waals surface area contributed by atoms with E-state index in [-0.39, 0.29) is 30.4 Å². The minimum absolute atomic E-state index is 0.0588. The van der Waals surface area contributed by atoms with Crippen molar-refractivity contribution in [1.82, 2.24) is 20.2 Å². The van der Waals surface area contributed by atoms with Crippen LogP contribution in [-0.2, 0) is 11.3 Å². The lowest BCUT2D eigenvalue weighted by molar-refractivity contribution is -0.122. The summed E-state index contributed by atoms with van der Waals surface area (Å²) in [5.41, 5.74) is 3.37. The molecular formula is C27H30ClN5O4. The molecule has 9 nitrogen and oxygen atoms in total. The maximum atomic E-state index is 13.2. The van der Waals surface area contributed by atoms with Crippen molar-refractivity contribution < 1.29 is 19.4 Å². The standard InChI is InChI=1S/C27H30ClN5O4/c1-15(17(3)34)31-27-29-12-23(28)25(32-27)19-8-9-20-13-33(26(36)22(20)11-19)14-24(35)30-16(2)18-6-5-7-21(10-18)37-4/h5-12,15-17,34H,13-14H2,1-4H3,(H,30,35)(H,29,31,32). The molecule has 37 heavy (non-hydrogen) atoms. The summed E-state index contributed by atoms with van der Waals surface area (Å²) < 4.78 is 5.25. The summed E-state index contributed by atoms with van der Waals surface area (Å²) in [5, 5.41) is 16.1. The molecule has 1 aliphatic rings. The van der Waals surface area contributed by atoms with E-state index < -0.39 is 6.10 Å². The highest BCUT2D eigenvalue weighted by Crippen LogP contribution is 2.31. The highest BCUT2D eigenvalue weighted by atomic mass is 35.5. The average Bonchev–Trinajstić information content (AvgIpc) is 3.19. The molecule has 2 heterocycles. The Labute approximate surface area is 220 Å². The van der Waals surface area contributed by atoms with Crippen molar-refractivity contribution in [2.24, 2.45) is 0 Å². The SMILES string of the molecule is COc1cccc(C(C)NC(=O)CN2Cc3ccc(-c4nc(NC(C)C(C)O)ncc4Cl)cc3C2=O)c1. The Morgan fingerprint density at radius 3 is 2.73 bits per heavy atom. The number of ether oxygens (including phenoxy) is 1. The van der Waals surface area contributed by atoms with Crippen LogP contribution in [0.2, 0.25) is 5.02 Å². The van der Waals surface area contributed by atoms with Gasteiger partial charge in [0.2, 0.25) is 11.9 Å². The first-order chi connectivity index (χ1) is 17.7. The van der Waals surface area contributed by atoms with Gasteiger partial charge in [-0.3, -0.25) is 9.59 Å². The zero-order valence-electron chi connectivity index (χ0n) is 21.2. The number of methoxy groups -OCH3 is 1. The van der Waals surface area contributed by atoms with Crippen LogP contribution in [0.4, 0.5) is 5.95 Å². The number of hydrogen-bond donors (Lipinski definition) is 3. The van der Waals surface area contributed by atoms with Crippen LogP contribution >= 0.6 is 11.6 Å². The molecule has 3 N–H and O–H groups in total. The van der Waals surface area contributed by atoms with Gasteiger partial charge in [0.05, 0.1) is 42.2 Å². The van der Waals surface area contributed by atoms with Gasteiger partial charge in [0.25, 0.3) is 5.91 Å². The molecular weight excluding hydrogens is 494 g/mol. The molecule has 2 aromatic carbocycles. The third kappa shape index (κ3) is 6.00. The summed E-state index contributed by atoms with van der Waals surface area (Å²) in [6, 6.07) is 12.4. The van der Waals surface area contributed by atoms with Crippen molar-refractivity contribution in [2.75, 3.05) is 19.0 Å². The van der Waals surface area contributed by atoms with Crippen molar-refractivity contribution >= 4 is 29.4 Å². The van der Waals surface area contributed by atoms with Crippen LogP contribution in [0.15, 0.2) is 48.7 Å². The number of carbonyl (C=O) groups excluding carboxylic acids is 2. The Morgan fingerprint density at radius 1 is 1.22 bits per heavy atom. The van der Waals surface area contributed by atoms with Gasteiger partial charge in [-0.15, -0.1) is 0 Å². The number of carbonyl (C=O) groups is 2. The minimum atomic E-state index is -0.595. The zero-order chi connectivity index (χ0) is 26.7. The number of nitrogens with one attached hydrogen (secondary N) is 2. The van der Waals surface area contributed by atoms with E-state index in [4.69, 9.17) is 16.3 Å². The number of halogens is 1. The van der Waals surface area contributed by atoms with Gasteiger partial charge in [0.1, 0.15) is 12.3 Å². The molecule has 3 aromatic rings. The molecule has 0 saturated heterocycles. The van der Waals surface area contributed by atoms with E-state index in [0.29, 0.717) is 40.1 Å². The van der Waals surface area contributed by atoms with Gasteiger partial charge in [-0.1, -0.05) is 35.9 Å². The molecule has 0 fully saturated rings. The third-order valence-electron chi connectivity index (χ3n) is 6.39. The van der Waals surface area contributed by atoms with E-state index in [1.165, 1.54) is 11.1 Å². The number of anilines is 1. The van der Waals surface area contributed by atoms with Crippen molar-refractivity contribution in [3.63, 3.8) is 0 Å². The van der Waals surface area contributed by atoms with Crippen molar-refractivity contribution in [2.45, 2.75) is 45.5 Å². The van der Waals surface area contributed by atoms with E-state index in [1.807, 2.05) is 50.2 Å². The average molecular weight is 524 g/mol. The zero-order valence-corrected chi connectivity index (χ0v) is 21.9. The van der Waals surface area contributed by atoms with E-state index in [9.17, 15) is 14.7 Å². The number of aliphatic hydroxyl groups is 1. The van der Waals surface area contributed by atoms with Crippen molar-refractivity contribution in [3.05, 3.63) is 70.4 Å². The normalized spacial score (nSPS) is 15.1. The number of aliphatic hydroxyl groups excluding tert-OH is 1. The van der Waals surface area contributed by atoms with Gasteiger partial charge < -0.3 is 25.4 Å². The number of fused-ring (bicyclic) bond motifs is 1. The third-order valence-corrected chi connectivity index (χ3v) is 6.67. The fraction of sp³-hybridized carbons (Fsp3) is 0.333. The van der Waals surface area contributed by atoms with Crippen molar-refractivity contribution in [3.8, 4) is 17.0 Å². The van der Waals surface area contributed by atoms with Crippen molar-refractivity contribution in [1.29, 1.82) is 0 Å². The van der Waals surface area contributed by atoms with Crippen LogP contribution in [0.25, 0.3) is 11.3 Å². The molecule has 0 spiro atoms. The van der Waals surface area contributed by atoms with Crippen LogP contribution in [-0.4, -0.2) is 57.6 Å². The molecule has 0 radical (unpaired) electrons. The van der Waals surface area contributed by atoms with Gasteiger partial charge in [-0.05, 0) is 50.1 Å². The van der Waals surface area contributed by atoms with E-state index in [0.717, 1.165) is 11.1 Å². The van der Waals surface area contributed by atoms with Gasteiger partial charge in [-0.2, -0.15) is 0 Å². The fourth-order valence-electron chi connectivity index (χ4n) is 4.05. The molecule has 0 aliphatic carbocycles. The maximum Gasteiger partial charge on any atom is 0.254 e. The van der Waals surface area contributed by atoms with Crippen LogP contribution in [0.3, 0.4) is 0 Å². The number of rotatable bonds is 9. The highest BCUT2D eigenvalue weighted by molar-refractivity contribution is 6.33. The highest BCUT2D eigenvalue weighted by Gasteiger charge is 2.30. The molecule has 1 aromatic heterocycles. The largest absolute Gasteiger partial charge is 0.497 e. The molecule has 0 saturated carbocycles. The van der Waals surface area contributed by atoms with E-state index in [1.54, 1.807) is 20.1 Å². The van der Waals surface area contributed by atoms with Gasteiger partial charge in [-0.25, -0.2) is 9.97 Å². The molecule has 194 valence electrons. The maximum absolute atomic E-state index is 13.2. The molecule has 0 bridgehead atoms. The number of nitrogens with zero attached hydrogens (tertiary/aromatic N) is 3. The second-order valence-electron chi connectivity index (χ2n) is 9.16. The van der Waals surface area contributed by atoms with E-state index in [2.05, 4.69) is 20.6 Å². The van der Waals surface area contributed by atoms with Crippen LogP contribution in [0.1, 0.15) is 48.3 Å². The lowest BCUT2D eigenvalue weighted by atomic mass is 10.0. The number of benzene rings is 2. The van der Waals surface area contributed by atoms with Crippen LogP contribution < -0.4 is 15.4 Å². The molecule has 10 heteroatoms.